The van der Waals surface area contributed by atoms with E-state index in [1.54, 1.807) is 0 Å². The van der Waals surface area contributed by atoms with Crippen LogP contribution in [0.4, 0.5) is 0 Å². The fraction of sp³-hybridized carbons (Fsp3) is 0.778. The summed E-state index contributed by atoms with van der Waals surface area (Å²) >= 11 is 0. The van der Waals surface area contributed by atoms with Crippen LogP contribution in [0.2, 0.25) is 0 Å². The summed E-state index contributed by atoms with van der Waals surface area (Å²) < 4.78 is 0. The fourth-order valence-electron chi connectivity index (χ4n) is 0.548. The lowest BCUT2D eigenvalue weighted by molar-refractivity contribution is 0.686. The molecular weight excluding hydrogens is 108 g/mol. The van der Waals surface area contributed by atoms with Crippen LogP contribution in [0.5, 0.6) is 0 Å². The molecule has 0 amide bonds. The Balaban J connectivity index is 3.43. The molecule has 0 fully saturated rings. The fourth-order valence-corrected chi connectivity index (χ4v) is 0.548. The van der Waals surface area contributed by atoms with Crippen molar-refractivity contribution in [2.45, 2.75) is 34.1 Å². The van der Waals surface area contributed by atoms with Crippen molar-refractivity contribution in [2.24, 2.45) is 11.8 Å². The highest BCUT2D eigenvalue weighted by atomic mass is 14.0. The van der Waals surface area contributed by atoms with Gasteiger partial charge in [-0.15, -0.1) is 0 Å². The summed E-state index contributed by atoms with van der Waals surface area (Å²) in [6.07, 6.45) is 5.82. The Kier molecular flexibility index (Phi) is 4.47. The van der Waals surface area contributed by atoms with Crippen LogP contribution in [0.3, 0.4) is 0 Å². The third-order valence-corrected chi connectivity index (χ3v) is 1.47. The Hall–Kier alpha value is -0.260. The van der Waals surface area contributed by atoms with Crippen LogP contribution >= 0.6 is 0 Å². The molecule has 0 heteroatoms. The molecule has 0 spiro atoms. The quantitative estimate of drug-likeness (QED) is 0.509. The molecule has 0 radical (unpaired) electrons. The van der Waals surface area contributed by atoms with E-state index in [1.165, 1.54) is 6.42 Å². The van der Waals surface area contributed by atoms with Crippen molar-refractivity contribution in [1.29, 1.82) is 0 Å². The molecule has 0 aliphatic heterocycles. The first-order valence-corrected chi connectivity index (χ1v) is 3.85. The minimum absolute atomic E-state index is 0.707. The smallest absolute Gasteiger partial charge is 0.0264 e. The van der Waals surface area contributed by atoms with Crippen LogP contribution < -0.4 is 0 Å². The largest absolute Gasteiger partial charge is 0.0857 e. The van der Waals surface area contributed by atoms with Crippen LogP contribution in [0, 0.1) is 11.8 Å². The highest BCUT2D eigenvalue weighted by Gasteiger charge is 1.90. The summed E-state index contributed by atoms with van der Waals surface area (Å²) in [5.74, 6) is 1.46. The first-order valence-electron chi connectivity index (χ1n) is 3.85. The lowest BCUT2D eigenvalue weighted by Gasteiger charge is -2.00. The van der Waals surface area contributed by atoms with E-state index >= 15 is 0 Å². The summed E-state index contributed by atoms with van der Waals surface area (Å²) in [5.41, 5.74) is 0. The third-order valence-electron chi connectivity index (χ3n) is 1.47. The first-order chi connectivity index (χ1) is 4.16. The second-order valence-corrected chi connectivity index (χ2v) is 3.01. The lowest BCUT2D eigenvalue weighted by Crippen LogP contribution is -1.86. The number of rotatable bonds is 3. The van der Waals surface area contributed by atoms with E-state index in [2.05, 4.69) is 39.8 Å². The SMILES string of the molecule is CCC(C)C=CC(C)C. The van der Waals surface area contributed by atoms with Gasteiger partial charge < -0.3 is 0 Å². The van der Waals surface area contributed by atoms with Crippen molar-refractivity contribution in [3.05, 3.63) is 12.2 Å². The summed E-state index contributed by atoms with van der Waals surface area (Å²) in [6, 6.07) is 0. The van der Waals surface area contributed by atoms with Gasteiger partial charge in [0.2, 0.25) is 0 Å². The summed E-state index contributed by atoms with van der Waals surface area (Å²) in [4.78, 5) is 0. The average Bonchev–Trinajstić information content (AvgIpc) is 1.83. The molecule has 0 aromatic rings. The summed E-state index contributed by atoms with van der Waals surface area (Å²) in [7, 11) is 0. The van der Waals surface area contributed by atoms with Gasteiger partial charge in [-0.25, -0.2) is 0 Å². The summed E-state index contributed by atoms with van der Waals surface area (Å²) in [6.45, 7) is 8.88. The third kappa shape index (κ3) is 5.61. The second kappa shape index (κ2) is 4.60. The predicted octanol–water partition coefficient (Wildman–Crippen LogP) is 3.24. The number of hydrogen-bond donors (Lipinski definition) is 0. The Morgan fingerprint density at radius 3 is 2.00 bits per heavy atom. The highest BCUT2D eigenvalue weighted by Crippen LogP contribution is 2.04. The van der Waals surface area contributed by atoms with E-state index in [-0.39, 0.29) is 0 Å². The van der Waals surface area contributed by atoms with Crippen LogP contribution in [0.25, 0.3) is 0 Å². The number of hydrogen-bond acceptors (Lipinski definition) is 0. The Labute approximate surface area is 59.0 Å². The van der Waals surface area contributed by atoms with Gasteiger partial charge in [0, 0.05) is 0 Å². The molecule has 0 heterocycles. The Morgan fingerprint density at radius 2 is 1.67 bits per heavy atom. The molecule has 0 aromatic heterocycles. The zero-order chi connectivity index (χ0) is 7.28. The number of allylic oxidation sites excluding steroid dienone is 2. The molecule has 0 rings (SSSR count). The normalized spacial score (nSPS) is 15.2. The van der Waals surface area contributed by atoms with Crippen LogP contribution in [0.1, 0.15) is 34.1 Å². The molecule has 0 aromatic carbocycles. The van der Waals surface area contributed by atoms with Crippen molar-refractivity contribution >= 4 is 0 Å². The second-order valence-electron chi connectivity index (χ2n) is 3.01. The van der Waals surface area contributed by atoms with Gasteiger partial charge in [-0.3, -0.25) is 0 Å². The minimum Gasteiger partial charge on any atom is -0.0857 e. The van der Waals surface area contributed by atoms with E-state index in [4.69, 9.17) is 0 Å². The van der Waals surface area contributed by atoms with Gasteiger partial charge in [0.25, 0.3) is 0 Å². The minimum atomic E-state index is 0.707. The molecule has 0 nitrogen and oxygen atoms in total. The van der Waals surface area contributed by atoms with E-state index < -0.39 is 0 Å². The predicted molar refractivity (Wildman–Crippen MR) is 43.4 cm³/mol. The maximum absolute atomic E-state index is 2.30. The molecule has 0 bridgehead atoms. The molecule has 0 saturated carbocycles. The van der Waals surface area contributed by atoms with E-state index in [0.717, 1.165) is 5.92 Å². The Bertz CT molecular complexity index is 80.0. The van der Waals surface area contributed by atoms with Gasteiger partial charge in [0.1, 0.15) is 0 Å². The molecule has 9 heavy (non-hydrogen) atoms. The molecule has 0 N–H and O–H groups in total. The van der Waals surface area contributed by atoms with Crippen LogP contribution in [0.15, 0.2) is 12.2 Å². The van der Waals surface area contributed by atoms with Gasteiger partial charge in [0.15, 0.2) is 0 Å². The molecule has 0 aliphatic rings. The average molecular weight is 126 g/mol. The van der Waals surface area contributed by atoms with Crippen LogP contribution in [-0.2, 0) is 0 Å². The van der Waals surface area contributed by atoms with Gasteiger partial charge >= 0.3 is 0 Å². The standard InChI is InChI=1S/C9H18/c1-5-9(4)7-6-8(2)3/h6-9H,5H2,1-4H3. The maximum atomic E-state index is 2.30. The van der Waals surface area contributed by atoms with Crippen molar-refractivity contribution < 1.29 is 0 Å². The summed E-state index contributed by atoms with van der Waals surface area (Å²) in [5, 5.41) is 0. The maximum Gasteiger partial charge on any atom is -0.0264 e. The molecule has 54 valence electrons. The first kappa shape index (κ1) is 8.74. The monoisotopic (exact) mass is 126 g/mol. The van der Waals surface area contributed by atoms with Gasteiger partial charge in [-0.1, -0.05) is 46.3 Å². The van der Waals surface area contributed by atoms with E-state index in [1.807, 2.05) is 0 Å². The van der Waals surface area contributed by atoms with E-state index in [0.29, 0.717) is 5.92 Å². The zero-order valence-electron chi connectivity index (χ0n) is 7.02. The van der Waals surface area contributed by atoms with Crippen molar-refractivity contribution in [2.75, 3.05) is 0 Å². The molecule has 1 atom stereocenters. The molecule has 0 aliphatic carbocycles. The van der Waals surface area contributed by atoms with Crippen molar-refractivity contribution in [1.82, 2.24) is 0 Å². The van der Waals surface area contributed by atoms with Crippen molar-refractivity contribution in [3.63, 3.8) is 0 Å². The van der Waals surface area contributed by atoms with Gasteiger partial charge in [0.05, 0.1) is 0 Å². The zero-order valence-corrected chi connectivity index (χ0v) is 7.02. The van der Waals surface area contributed by atoms with Crippen molar-refractivity contribution in [3.8, 4) is 0 Å². The van der Waals surface area contributed by atoms with Crippen LogP contribution in [-0.4, -0.2) is 0 Å². The molecule has 0 saturated heterocycles. The van der Waals surface area contributed by atoms with E-state index in [9.17, 15) is 0 Å². The molecule has 1 unspecified atom stereocenters. The molecular formula is C9H18. The van der Waals surface area contributed by atoms with Gasteiger partial charge in [-0.2, -0.15) is 0 Å². The highest BCUT2D eigenvalue weighted by molar-refractivity contribution is 4.87. The lowest BCUT2D eigenvalue weighted by atomic mass is 10.1. The van der Waals surface area contributed by atoms with Gasteiger partial charge in [-0.05, 0) is 11.8 Å². The topological polar surface area (TPSA) is 0 Å². The Morgan fingerprint density at radius 1 is 1.11 bits per heavy atom.